The summed E-state index contributed by atoms with van der Waals surface area (Å²) in [7, 11) is 0. The molecule has 1 aromatic carbocycles. The van der Waals surface area contributed by atoms with E-state index in [-0.39, 0.29) is 18.1 Å². The van der Waals surface area contributed by atoms with Gasteiger partial charge in [0.2, 0.25) is 0 Å². The Hall–Kier alpha value is -1.59. The van der Waals surface area contributed by atoms with Crippen LogP contribution in [-0.4, -0.2) is 24.7 Å². The quantitative estimate of drug-likeness (QED) is 0.833. The number of anilines is 1. The molecule has 3 aliphatic rings. The number of aryl methyl sites for hydroxylation is 1. The van der Waals surface area contributed by atoms with Gasteiger partial charge in [0.05, 0.1) is 17.3 Å². The van der Waals surface area contributed by atoms with Gasteiger partial charge < -0.3 is 15.5 Å². The third-order valence-corrected chi connectivity index (χ3v) is 4.64. The van der Waals surface area contributed by atoms with E-state index >= 15 is 0 Å². The first kappa shape index (κ1) is 14.0. The Kier molecular flexibility index (Phi) is 3.35. The molecule has 1 aromatic rings. The summed E-state index contributed by atoms with van der Waals surface area (Å²) in [5.41, 5.74) is 14.0. The van der Waals surface area contributed by atoms with Gasteiger partial charge in [-0.3, -0.25) is 0 Å². The van der Waals surface area contributed by atoms with Crippen LogP contribution in [0.1, 0.15) is 60.1 Å². The topological polar surface area (TPSA) is 67.6 Å². The van der Waals surface area contributed by atoms with Crippen LogP contribution in [0, 0.1) is 0 Å². The van der Waals surface area contributed by atoms with Crippen LogP contribution in [0.5, 0.6) is 0 Å². The first-order chi connectivity index (χ1) is 10.6. The van der Waals surface area contributed by atoms with Crippen LogP contribution in [0.2, 0.25) is 0 Å². The molecule has 22 heavy (non-hydrogen) atoms. The molecule has 0 aromatic heterocycles. The van der Waals surface area contributed by atoms with Gasteiger partial charge in [0, 0.05) is 12.6 Å². The van der Waals surface area contributed by atoms with Crippen LogP contribution in [0.15, 0.2) is 12.1 Å². The van der Waals surface area contributed by atoms with E-state index in [1.807, 2.05) is 19.1 Å². The van der Waals surface area contributed by atoms with Gasteiger partial charge in [0.25, 0.3) is 0 Å². The van der Waals surface area contributed by atoms with Gasteiger partial charge in [-0.05, 0) is 62.3 Å². The number of rotatable bonds is 4. The summed E-state index contributed by atoms with van der Waals surface area (Å²) < 4.78 is 5.47. The highest BCUT2D eigenvalue weighted by Crippen LogP contribution is 2.42. The van der Waals surface area contributed by atoms with Crippen LogP contribution >= 0.6 is 0 Å². The van der Waals surface area contributed by atoms with Gasteiger partial charge in [-0.15, -0.1) is 0 Å². The SMILES string of the molecule is CC(N)CN1NC2CCCc3cc(C(=O)OC4CC4)cc1c32. The zero-order valence-corrected chi connectivity index (χ0v) is 13.0. The number of carbonyl (C=O) groups excluding carboxylic acids is 1. The van der Waals surface area contributed by atoms with Crippen molar-refractivity contribution < 1.29 is 9.53 Å². The molecule has 118 valence electrons. The fourth-order valence-electron chi connectivity index (χ4n) is 3.52. The molecular weight excluding hydrogens is 278 g/mol. The molecule has 1 fully saturated rings. The Morgan fingerprint density at radius 2 is 2.27 bits per heavy atom. The third-order valence-electron chi connectivity index (χ3n) is 4.64. The molecule has 5 heteroatoms. The summed E-state index contributed by atoms with van der Waals surface area (Å²) in [5.74, 6) is -0.184. The Morgan fingerprint density at radius 1 is 1.45 bits per heavy atom. The molecule has 2 aliphatic carbocycles. The second-order valence-electron chi connectivity index (χ2n) is 6.83. The lowest BCUT2D eigenvalue weighted by molar-refractivity contribution is 0.0472. The highest BCUT2D eigenvalue weighted by molar-refractivity contribution is 5.92. The number of nitrogens with two attached hydrogens (primary N) is 1. The molecule has 5 nitrogen and oxygen atoms in total. The average Bonchev–Trinajstić information content (AvgIpc) is 3.22. The van der Waals surface area contributed by atoms with Crippen molar-refractivity contribution in [1.29, 1.82) is 0 Å². The summed E-state index contributed by atoms with van der Waals surface area (Å²) in [6.45, 7) is 2.74. The van der Waals surface area contributed by atoms with Crippen molar-refractivity contribution in [1.82, 2.24) is 5.43 Å². The molecule has 0 spiro atoms. The number of hydrogen-bond donors (Lipinski definition) is 2. The second kappa shape index (κ2) is 5.25. The van der Waals surface area contributed by atoms with Gasteiger partial charge in [0.1, 0.15) is 6.10 Å². The van der Waals surface area contributed by atoms with Crippen molar-refractivity contribution in [2.45, 2.75) is 57.2 Å². The zero-order chi connectivity index (χ0) is 15.3. The normalized spacial score (nSPS) is 24.1. The Labute approximate surface area is 130 Å². The number of nitrogens with one attached hydrogen (secondary N) is 1. The van der Waals surface area contributed by atoms with Crippen molar-refractivity contribution >= 4 is 11.7 Å². The van der Waals surface area contributed by atoms with Crippen molar-refractivity contribution in [2.75, 3.05) is 11.6 Å². The standard InChI is InChI=1S/C17H23N3O2/c1-10(18)9-20-15-8-12(17(21)22-13-5-6-13)7-11-3-2-4-14(19-20)16(11)15/h7-8,10,13-14,19H,2-6,9,18H2,1H3. The molecule has 3 N–H and O–H groups in total. The predicted octanol–water partition coefficient (Wildman–Crippen LogP) is 2.05. The van der Waals surface area contributed by atoms with Crippen molar-refractivity contribution in [3.63, 3.8) is 0 Å². The first-order valence-corrected chi connectivity index (χ1v) is 8.29. The fraction of sp³-hybridized carbons (Fsp3) is 0.588. The summed E-state index contributed by atoms with van der Waals surface area (Å²) in [6, 6.07) is 4.45. The smallest absolute Gasteiger partial charge is 0.338 e. The van der Waals surface area contributed by atoms with E-state index in [0.29, 0.717) is 11.6 Å². The second-order valence-corrected chi connectivity index (χ2v) is 6.83. The maximum atomic E-state index is 12.3. The third kappa shape index (κ3) is 2.48. The minimum atomic E-state index is -0.184. The van der Waals surface area contributed by atoms with E-state index in [4.69, 9.17) is 10.5 Å². The van der Waals surface area contributed by atoms with Crippen LogP contribution < -0.4 is 16.2 Å². The summed E-state index contributed by atoms with van der Waals surface area (Å²) in [4.78, 5) is 12.3. The van der Waals surface area contributed by atoms with E-state index in [2.05, 4.69) is 10.4 Å². The van der Waals surface area contributed by atoms with Crippen LogP contribution in [0.3, 0.4) is 0 Å². The Morgan fingerprint density at radius 3 is 3.00 bits per heavy atom. The summed E-state index contributed by atoms with van der Waals surface area (Å²) in [5, 5.41) is 2.12. The molecule has 0 bridgehead atoms. The minimum Gasteiger partial charge on any atom is -0.459 e. The molecule has 1 heterocycles. The fourth-order valence-corrected chi connectivity index (χ4v) is 3.52. The van der Waals surface area contributed by atoms with E-state index in [1.54, 1.807) is 0 Å². The van der Waals surface area contributed by atoms with Gasteiger partial charge in [-0.25, -0.2) is 10.2 Å². The first-order valence-electron chi connectivity index (χ1n) is 8.29. The van der Waals surface area contributed by atoms with E-state index in [1.165, 1.54) is 11.1 Å². The lowest BCUT2D eigenvalue weighted by Crippen LogP contribution is -2.42. The van der Waals surface area contributed by atoms with Crippen LogP contribution in [0.25, 0.3) is 0 Å². The van der Waals surface area contributed by atoms with Crippen molar-refractivity contribution in [3.05, 3.63) is 28.8 Å². The molecule has 4 rings (SSSR count). The number of benzene rings is 1. The molecule has 0 amide bonds. The molecule has 1 saturated carbocycles. The van der Waals surface area contributed by atoms with Crippen molar-refractivity contribution in [3.8, 4) is 0 Å². The minimum absolute atomic E-state index is 0.0744. The summed E-state index contributed by atoms with van der Waals surface area (Å²) >= 11 is 0. The van der Waals surface area contributed by atoms with E-state index in [9.17, 15) is 4.79 Å². The predicted molar refractivity (Wildman–Crippen MR) is 84.7 cm³/mol. The lowest BCUT2D eigenvalue weighted by atomic mass is 9.86. The monoisotopic (exact) mass is 301 g/mol. The number of esters is 1. The lowest BCUT2D eigenvalue weighted by Gasteiger charge is -2.23. The number of hydrogen-bond acceptors (Lipinski definition) is 5. The maximum Gasteiger partial charge on any atom is 0.338 e. The highest BCUT2D eigenvalue weighted by Gasteiger charge is 2.35. The molecule has 2 unspecified atom stereocenters. The molecule has 1 aliphatic heterocycles. The molecular formula is C17H23N3O2. The highest BCUT2D eigenvalue weighted by atomic mass is 16.5. The average molecular weight is 301 g/mol. The number of carbonyl (C=O) groups is 1. The van der Waals surface area contributed by atoms with Gasteiger partial charge in [0.15, 0.2) is 0 Å². The number of hydrazine groups is 1. The van der Waals surface area contributed by atoms with Crippen LogP contribution in [-0.2, 0) is 11.2 Å². The maximum absolute atomic E-state index is 12.3. The molecule has 0 radical (unpaired) electrons. The van der Waals surface area contributed by atoms with E-state index in [0.717, 1.165) is 44.3 Å². The largest absolute Gasteiger partial charge is 0.459 e. The summed E-state index contributed by atoms with van der Waals surface area (Å²) in [6.07, 6.45) is 5.48. The Balaban J connectivity index is 1.70. The Bertz CT molecular complexity index is 610. The van der Waals surface area contributed by atoms with Crippen LogP contribution in [0.4, 0.5) is 5.69 Å². The molecule has 0 saturated heterocycles. The van der Waals surface area contributed by atoms with E-state index < -0.39 is 0 Å². The van der Waals surface area contributed by atoms with Gasteiger partial charge >= 0.3 is 5.97 Å². The zero-order valence-electron chi connectivity index (χ0n) is 13.0. The molecule has 2 atom stereocenters. The number of ether oxygens (including phenoxy) is 1. The number of nitrogens with zero attached hydrogens (tertiary/aromatic N) is 1. The van der Waals surface area contributed by atoms with Gasteiger partial charge in [-0.1, -0.05) is 0 Å². The van der Waals surface area contributed by atoms with Gasteiger partial charge in [-0.2, -0.15) is 0 Å². The van der Waals surface area contributed by atoms with Crippen molar-refractivity contribution in [2.24, 2.45) is 5.73 Å².